The molecule has 4 rings (SSSR count). The second-order valence-electron chi connectivity index (χ2n) is 7.84. The highest BCUT2D eigenvalue weighted by molar-refractivity contribution is 5.75. The Kier molecular flexibility index (Phi) is 6.48. The minimum Gasteiger partial charge on any atom is -0.444 e. The van der Waals surface area contributed by atoms with Gasteiger partial charge in [-0.05, 0) is 12.5 Å². The third-order valence-corrected chi connectivity index (χ3v) is 5.78. The second-order valence-corrected chi connectivity index (χ2v) is 7.84. The number of carbonyl (C=O) groups excluding carboxylic acids is 1. The first kappa shape index (κ1) is 21.5. The van der Waals surface area contributed by atoms with Gasteiger partial charge in [0, 0.05) is 16.7 Å². The number of benzene rings is 4. The lowest BCUT2D eigenvalue weighted by Crippen LogP contribution is -2.38. The van der Waals surface area contributed by atoms with Crippen LogP contribution < -0.4 is 0 Å². The fraction of sp³-hybridized carbons (Fsp3) is 0.138. The highest BCUT2D eigenvalue weighted by Crippen LogP contribution is 2.41. The summed E-state index contributed by atoms with van der Waals surface area (Å²) in [6.45, 7) is 1.70. The van der Waals surface area contributed by atoms with Gasteiger partial charge in [0.2, 0.25) is 0 Å². The monoisotopic (exact) mass is 422 g/mol. The number of hydrogen-bond acceptors (Lipinski definition) is 3. The van der Waals surface area contributed by atoms with Crippen molar-refractivity contribution < 1.29 is 14.6 Å². The Morgan fingerprint density at radius 1 is 0.656 bits per heavy atom. The zero-order valence-corrected chi connectivity index (χ0v) is 18.0. The van der Waals surface area contributed by atoms with Crippen molar-refractivity contribution in [3.8, 4) is 0 Å². The van der Waals surface area contributed by atoms with E-state index < -0.39 is 23.6 Å². The van der Waals surface area contributed by atoms with Gasteiger partial charge in [-0.15, -0.1) is 0 Å². The number of aliphatic hydroxyl groups is 1. The first-order valence-corrected chi connectivity index (χ1v) is 10.8. The van der Waals surface area contributed by atoms with Crippen molar-refractivity contribution >= 4 is 5.97 Å². The molecule has 0 aliphatic heterocycles. The van der Waals surface area contributed by atoms with Gasteiger partial charge < -0.3 is 9.84 Å². The molecule has 0 amide bonds. The quantitative estimate of drug-likeness (QED) is 0.298. The van der Waals surface area contributed by atoms with E-state index in [1.807, 2.05) is 121 Å². The average Bonchev–Trinajstić information content (AvgIpc) is 2.88. The predicted molar refractivity (Wildman–Crippen MR) is 126 cm³/mol. The summed E-state index contributed by atoms with van der Waals surface area (Å²) in [4.78, 5) is 13.5. The Labute approximate surface area is 188 Å². The van der Waals surface area contributed by atoms with Crippen LogP contribution in [0.25, 0.3) is 0 Å². The number of ether oxygens (including phenoxy) is 1. The van der Waals surface area contributed by atoms with Gasteiger partial charge in [0.15, 0.2) is 5.60 Å². The third-order valence-electron chi connectivity index (χ3n) is 5.78. The highest BCUT2D eigenvalue weighted by Gasteiger charge is 2.42. The number of rotatable bonds is 7. The van der Waals surface area contributed by atoms with Crippen LogP contribution in [0.3, 0.4) is 0 Å². The van der Waals surface area contributed by atoms with E-state index in [9.17, 15) is 9.90 Å². The zero-order valence-electron chi connectivity index (χ0n) is 18.0. The molecule has 4 aromatic rings. The van der Waals surface area contributed by atoms with E-state index in [2.05, 4.69) is 0 Å². The molecule has 1 N–H and O–H groups in total. The van der Waals surface area contributed by atoms with E-state index in [0.717, 1.165) is 16.7 Å². The van der Waals surface area contributed by atoms with Gasteiger partial charge in [0.1, 0.15) is 0 Å². The molecule has 4 aromatic carbocycles. The van der Waals surface area contributed by atoms with Crippen LogP contribution in [-0.4, -0.2) is 11.1 Å². The van der Waals surface area contributed by atoms with E-state index >= 15 is 0 Å². The van der Waals surface area contributed by atoms with E-state index in [-0.39, 0.29) is 0 Å². The molecule has 0 heterocycles. The topological polar surface area (TPSA) is 46.5 Å². The Morgan fingerprint density at radius 2 is 1.00 bits per heavy atom. The molecule has 0 saturated heterocycles. The lowest BCUT2D eigenvalue weighted by atomic mass is 9.80. The molecule has 2 atom stereocenters. The van der Waals surface area contributed by atoms with Crippen molar-refractivity contribution in [2.45, 2.75) is 18.6 Å². The smallest absolute Gasteiger partial charge is 0.313 e. The van der Waals surface area contributed by atoms with Crippen molar-refractivity contribution in [2.24, 2.45) is 5.92 Å². The van der Waals surface area contributed by atoms with Crippen LogP contribution in [0.2, 0.25) is 0 Å². The van der Waals surface area contributed by atoms with Gasteiger partial charge >= 0.3 is 5.97 Å². The summed E-state index contributed by atoms with van der Waals surface area (Å²) in [6, 6.07) is 38.4. The Balaban J connectivity index is 1.82. The second kappa shape index (κ2) is 9.63. The lowest BCUT2D eigenvalue weighted by molar-refractivity contribution is -0.162. The molecular weight excluding hydrogens is 396 g/mol. The number of hydrogen-bond donors (Lipinski definition) is 1. The van der Waals surface area contributed by atoms with Crippen LogP contribution in [0.15, 0.2) is 121 Å². The standard InChI is InChI=1S/C29H26O3/c1-22(27(30)23-14-6-2-7-15-23)28(31)32-29(24-16-8-3-9-17-24,25-18-10-4-11-19-25)26-20-12-5-13-21-26/h2-22,27,30H,1H3. The van der Waals surface area contributed by atoms with E-state index in [0.29, 0.717) is 5.56 Å². The molecule has 0 aliphatic rings. The molecule has 0 aromatic heterocycles. The van der Waals surface area contributed by atoms with Crippen LogP contribution in [0.1, 0.15) is 35.3 Å². The van der Waals surface area contributed by atoms with E-state index in [1.165, 1.54) is 0 Å². The molecule has 0 radical (unpaired) electrons. The number of aliphatic hydroxyl groups excluding tert-OH is 1. The fourth-order valence-electron chi connectivity index (χ4n) is 4.01. The first-order valence-electron chi connectivity index (χ1n) is 10.8. The van der Waals surface area contributed by atoms with Crippen molar-refractivity contribution in [1.29, 1.82) is 0 Å². The van der Waals surface area contributed by atoms with Crippen LogP contribution in [0.5, 0.6) is 0 Å². The van der Waals surface area contributed by atoms with Gasteiger partial charge in [-0.1, -0.05) is 121 Å². The maximum atomic E-state index is 13.5. The van der Waals surface area contributed by atoms with Crippen LogP contribution in [0, 0.1) is 5.92 Å². The van der Waals surface area contributed by atoms with Crippen molar-refractivity contribution in [3.05, 3.63) is 144 Å². The minimum absolute atomic E-state index is 0.474. The number of esters is 1. The number of carbonyl (C=O) groups is 1. The van der Waals surface area contributed by atoms with E-state index in [1.54, 1.807) is 6.92 Å². The minimum atomic E-state index is -1.15. The molecule has 0 fully saturated rings. The molecule has 3 nitrogen and oxygen atoms in total. The maximum Gasteiger partial charge on any atom is 0.313 e. The third kappa shape index (κ3) is 4.20. The van der Waals surface area contributed by atoms with Gasteiger partial charge in [0.25, 0.3) is 0 Å². The normalized spacial score (nSPS) is 13.2. The summed E-state index contributed by atoms with van der Waals surface area (Å²) in [6.07, 6.45) is -0.969. The van der Waals surface area contributed by atoms with Gasteiger partial charge in [-0.2, -0.15) is 0 Å². The molecule has 32 heavy (non-hydrogen) atoms. The summed E-state index contributed by atoms with van der Waals surface area (Å²) in [7, 11) is 0. The van der Waals surface area contributed by atoms with Gasteiger partial charge in [0.05, 0.1) is 12.0 Å². The predicted octanol–water partition coefficient (Wildman–Crippen LogP) is 5.89. The summed E-state index contributed by atoms with van der Waals surface area (Å²) < 4.78 is 6.40. The molecular formula is C29H26O3. The lowest BCUT2D eigenvalue weighted by Gasteiger charge is -2.36. The average molecular weight is 423 g/mol. The Hall–Kier alpha value is -3.69. The van der Waals surface area contributed by atoms with Crippen LogP contribution in [-0.2, 0) is 15.1 Å². The van der Waals surface area contributed by atoms with Crippen LogP contribution in [0.4, 0.5) is 0 Å². The van der Waals surface area contributed by atoms with Crippen molar-refractivity contribution in [2.75, 3.05) is 0 Å². The van der Waals surface area contributed by atoms with Gasteiger partial charge in [-0.3, -0.25) is 4.79 Å². The molecule has 0 bridgehead atoms. The maximum absolute atomic E-state index is 13.5. The van der Waals surface area contributed by atoms with Crippen LogP contribution >= 0.6 is 0 Å². The fourth-order valence-corrected chi connectivity index (χ4v) is 4.01. The van der Waals surface area contributed by atoms with Crippen molar-refractivity contribution in [1.82, 2.24) is 0 Å². The largest absolute Gasteiger partial charge is 0.444 e. The van der Waals surface area contributed by atoms with Gasteiger partial charge in [-0.25, -0.2) is 0 Å². The molecule has 2 unspecified atom stereocenters. The molecule has 0 saturated carbocycles. The Bertz CT molecular complexity index is 1030. The Morgan fingerprint density at radius 3 is 1.38 bits per heavy atom. The van der Waals surface area contributed by atoms with Crippen molar-refractivity contribution in [3.63, 3.8) is 0 Å². The summed E-state index contributed by atoms with van der Waals surface area (Å²) in [5.74, 6) is -1.23. The molecule has 3 heteroatoms. The summed E-state index contributed by atoms with van der Waals surface area (Å²) >= 11 is 0. The zero-order chi connectivity index (χ0) is 22.4. The van der Waals surface area contributed by atoms with E-state index in [4.69, 9.17) is 4.74 Å². The molecule has 160 valence electrons. The summed E-state index contributed by atoms with van der Waals surface area (Å²) in [5, 5.41) is 10.9. The molecule has 0 aliphatic carbocycles. The highest BCUT2D eigenvalue weighted by atomic mass is 16.6. The SMILES string of the molecule is CC(C(=O)OC(c1ccccc1)(c1ccccc1)c1ccccc1)C(O)c1ccccc1. The summed E-state index contributed by atoms with van der Waals surface area (Å²) in [5.41, 5.74) is 2.05. The first-order chi connectivity index (χ1) is 15.6. The molecule has 0 spiro atoms.